The van der Waals surface area contributed by atoms with E-state index in [1.54, 1.807) is 17.4 Å². The predicted octanol–water partition coefficient (Wildman–Crippen LogP) is 4.96. The van der Waals surface area contributed by atoms with Crippen molar-refractivity contribution in [1.82, 2.24) is 19.9 Å². The smallest absolute Gasteiger partial charge is 0.169 e. The lowest BCUT2D eigenvalue weighted by Gasteiger charge is -2.28. The highest BCUT2D eigenvalue weighted by atomic mass is 32.1. The zero-order valence-electron chi connectivity index (χ0n) is 15.8. The van der Waals surface area contributed by atoms with Crippen molar-refractivity contribution in [3.63, 3.8) is 0 Å². The van der Waals surface area contributed by atoms with Gasteiger partial charge in [0, 0.05) is 49.6 Å². The Bertz CT molecular complexity index is 1130. The highest BCUT2D eigenvalue weighted by Gasteiger charge is 2.19. The monoisotopic (exact) mass is 402 g/mol. The van der Waals surface area contributed by atoms with E-state index in [0.717, 1.165) is 59.3 Å². The molecule has 0 N–H and O–H groups in total. The molecule has 0 radical (unpaired) electrons. The average Bonchev–Trinajstić information content (AvgIpc) is 3.29. The largest absolute Gasteiger partial charge is 0.294 e. The zero-order valence-corrected chi connectivity index (χ0v) is 16.6. The first-order chi connectivity index (χ1) is 14.2. The summed E-state index contributed by atoms with van der Waals surface area (Å²) in [6.45, 7) is 2.62. The van der Waals surface area contributed by atoms with E-state index in [-0.39, 0.29) is 5.82 Å². The Labute approximate surface area is 172 Å². The summed E-state index contributed by atoms with van der Waals surface area (Å²) in [6, 6.07) is 14.6. The Morgan fingerprint density at radius 1 is 1.03 bits per heavy atom. The molecule has 144 valence electrons. The normalized spacial score (nSPS) is 14.0. The van der Waals surface area contributed by atoms with Crippen LogP contribution in [0.4, 0.5) is 4.39 Å². The number of hydrogen-bond acceptors (Lipinski definition) is 5. The molecule has 0 aliphatic carbocycles. The van der Waals surface area contributed by atoms with Crippen LogP contribution in [-0.4, -0.2) is 26.4 Å². The molecule has 1 aliphatic rings. The van der Waals surface area contributed by atoms with Crippen molar-refractivity contribution < 1.29 is 4.39 Å². The van der Waals surface area contributed by atoms with Gasteiger partial charge in [0.2, 0.25) is 0 Å². The standard InChI is InChI=1S/C23H19FN4S/c24-19-4-1-3-17(11-19)20-7-6-16(12-25-20)14-28-9-8-21-18(15-28)13-26-23(27-21)22-5-2-10-29-22/h1-7,10-13H,8-9,14-15H2. The average molecular weight is 402 g/mol. The Hall–Kier alpha value is -2.96. The molecule has 4 aromatic rings. The van der Waals surface area contributed by atoms with E-state index in [9.17, 15) is 4.39 Å². The van der Waals surface area contributed by atoms with Crippen molar-refractivity contribution in [3.05, 3.63) is 88.9 Å². The van der Waals surface area contributed by atoms with Crippen LogP contribution >= 0.6 is 11.3 Å². The molecule has 1 aliphatic heterocycles. The minimum atomic E-state index is -0.246. The molecule has 0 fully saturated rings. The second kappa shape index (κ2) is 7.81. The Morgan fingerprint density at radius 3 is 2.79 bits per heavy atom. The van der Waals surface area contributed by atoms with Gasteiger partial charge in [0.05, 0.1) is 16.3 Å². The van der Waals surface area contributed by atoms with Gasteiger partial charge in [-0.1, -0.05) is 24.3 Å². The van der Waals surface area contributed by atoms with Crippen LogP contribution in [0, 0.1) is 5.82 Å². The van der Waals surface area contributed by atoms with Crippen molar-refractivity contribution in [2.45, 2.75) is 19.5 Å². The summed E-state index contributed by atoms with van der Waals surface area (Å²) in [5.41, 5.74) is 5.07. The molecule has 0 bridgehead atoms. The fraction of sp³-hybridized carbons (Fsp3) is 0.174. The minimum Gasteiger partial charge on any atom is -0.294 e. The molecule has 0 spiro atoms. The lowest BCUT2D eigenvalue weighted by Crippen LogP contribution is -2.31. The summed E-state index contributed by atoms with van der Waals surface area (Å²) in [6.07, 6.45) is 4.77. The van der Waals surface area contributed by atoms with Gasteiger partial charge in [-0.15, -0.1) is 11.3 Å². The van der Waals surface area contributed by atoms with Gasteiger partial charge >= 0.3 is 0 Å². The van der Waals surface area contributed by atoms with Crippen LogP contribution in [-0.2, 0) is 19.5 Å². The number of fused-ring (bicyclic) bond motifs is 1. The number of aromatic nitrogens is 3. The Balaban J connectivity index is 1.28. The molecule has 4 heterocycles. The van der Waals surface area contributed by atoms with Crippen molar-refractivity contribution in [1.29, 1.82) is 0 Å². The lowest BCUT2D eigenvalue weighted by molar-refractivity contribution is 0.242. The highest BCUT2D eigenvalue weighted by Crippen LogP contribution is 2.25. The molecule has 4 nitrogen and oxygen atoms in total. The molecule has 6 heteroatoms. The van der Waals surface area contributed by atoms with Crippen molar-refractivity contribution in [2.24, 2.45) is 0 Å². The van der Waals surface area contributed by atoms with Gasteiger partial charge in [-0.2, -0.15) is 0 Å². The third-order valence-corrected chi connectivity index (χ3v) is 5.97. The topological polar surface area (TPSA) is 41.9 Å². The summed E-state index contributed by atoms with van der Waals surface area (Å²) in [4.78, 5) is 17.4. The SMILES string of the molecule is Fc1cccc(-c2ccc(CN3CCc4nc(-c5cccs5)ncc4C3)cn2)c1. The molecule has 0 atom stereocenters. The first-order valence-corrected chi connectivity index (χ1v) is 10.4. The van der Waals surface area contributed by atoms with Crippen molar-refractivity contribution in [2.75, 3.05) is 6.54 Å². The molecule has 0 unspecified atom stereocenters. The van der Waals surface area contributed by atoms with Gasteiger partial charge in [0.25, 0.3) is 0 Å². The first kappa shape index (κ1) is 18.1. The van der Waals surface area contributed by atoms with E-state index < -0.39 is 0 Å². The zero-order chi connectivity index (χ0) is 19.6. The van der Waals surface area contributed by atoms with E-state index in [2.05, 4.69) is 27.0 Å². The predicted molar refractivity (Wildman–Crippen MR) is 113 cm³/mol. The van der Waals surface area contributed by atoms with Crippen LogP contribution in [0.5, 0.6) is 0 Å². The molecule has 0 amide bonds. The third kappa shape index (κ3) is 3.95. The Kier molecular flexibility index (Phi) is 4.87. The van der Waals surface area contributed by atoms with Crippen molar-refractivity contribution in [3.8, 4) is 22.0 Å². The van der Waals surface area contributed by atoms with E-state index in [1.165, 1.54) is 17.7 Å². The number of nitrogens with zero attached hydrogens (tertiary/aromatic N) is 4. The van der Waals surface area contributed by atoms with Gasteiger partial charge in [0.1, 0.15) is 5.82 Å². The number of hydrogen-bond donors (Lipinski definition) is 0. The number of benzene rings is 1. The fourth-order valence-electron chi connectivity index (χ4n) is 3.63. The van der Waals surface area contributed by atoms with E-state index in [1.807, 2.05) is 36.0 Å². The van der Waals surface area contributed by atoms with E-state index in [0.29, 0.717) is 0 Å². The van der Waals surface area contributed by atoms with E-state index >= 15 is 0 Å². The van der Waals surface area contributed by atoms with Gasteiger partial charge in [-0.05, 0) is 35.2 Å². The van der Waals surface area contributed by atoms with Gasteiger partial charge in [-0.25, -0.2) is 14.4 Å². The number of thiophene rings is 1. The molecular formula is C23H19FN4S. The van der Waals surface area contributed by atoms with Crippen LogP contribution < -0.4 is 0 Å². The number of rotatable bonds is 4. The lowest BCUT2D eigenvalue weighted by atomic mass is 10.1. The molecule has 5 rings (SSSR count). The maximum absolute atomic E-state index is 13.4. The minimum absolute atomic E-state index is 0.246. The van der Waals surface area contributed by atoms with Gasteiger partial charge in [0.15, 0.2) is 5.82 Å². The highest BCUT2D eigenvalue weighted by molar-refractivity contribution is 7.13. The summed E-state index contributed by atoms with van der Waals surface area (Å²) in [7, 11) is 0. The van der Waals surface area contributed by atoms with Crippen LogP contribution in [0.3, 0.4) is 0 Å². The Morgan fingerprint density at radius 2 is 2.00 bits per heavy atom. The third-order valence-electron chi connectivity index (χ3n) is 5.11. The van der Waals surface area contributed by atoms with Gasteiger partial charge < -0.3 is 0 Å². The van der Waals surface area contributed by atoms with Crippen LogP contribution in [0.2, 0.25) is 0 Å². The molecular weight excluding hydrogens is 383 g/mol. The van der Waals surface area contributed by atoms with E-state index in [4.69, 9.17) is 4.98 Å². The molecule has 0 saturated carbocycles. The summed E-state index contributed by atoms with van der Waals surface area (Å²) >= 11 is 1.67. The van der Waals surface area contributed by atoms with Crippen LogP contribution in [0.15, 0.2) is 66.3 Å². The first-order valence-electron chi connectivity index (χ1n) is 9.56. The second-order valence-electron chi connectivity index (χ2n) is 7.17. The van der Waals surface area contributed by atoms with Gasteiger partial charge in [-0.3, -0.25) is 9.88 Å². The molecule has 0 saturated heterocycles. The summed E-state index contributed by atoms with van der Waals surface area (Å²) in [5.74, 6) is 0.578. The summed E-state index contributed by atoms with van der Waals surface area (Å²) < 4.78 is 13.4. The quantitative estimate of drug-likeness (QED) is 0.484. The number of pyridine rings is 1. The second-order valence-corrected chi connectivity index (χ2v) is 8.11. The summed E-state index contributed by atoms with van der Waals surface area (Å²) in [5, 5.41) is 2.05. The molecule has 29 heavy (non-hydrogen) atoms. The maximum Gasteiger partial charge on any atom is 0.169 e. The van der Waals surface area contributed by atoms with Crippen molar-refractivity contribution >= 4 is 11.3 Å². The fourth-order valence-corrected chi connectivity index (χ4v) is 4.29. The maximum atomic E-state index is 13.4. The molecule has 3 aromatic heterocycles. The van der Waals surface area contributed by atoms with Crippen LogP contribution in [0.1, 0.15) is 16.8 Å². The van der Waals surface area contributed by atoms with Crippen LogP contribution in [0.25, 0.3) is 22.0 Å². The number of halogens is 1. The molecule has 1 aromatic carbocycles.